The minimum atomic E-state index is 0.854. The molecule has 0 amide bonds. The summed E-state index contributed by atoms with van der Waals surface area (Å²) in [5, 5.41) is 0. The van der Waals surface area contributed by atoms with Gasteiger partial charge < -0.3 is 4.90 Å². The highest BCUT2D eigenvalue weighted by molar-refractivity contribution is 5.65. The summed E-state index contributed by atoms with van der Waals surface area (Å²) in [6.45, 7) is 3.41. The van der Waals surface area contributed by atoms with E-state index >= 15 is 0 Å². The minimum Gasteiger partial charge on any atom is -0.368 e. The SMILES string of the molecule is CCN1c2ccccc2C2CC21. The van der Waals surface area contributed by atoms with Crippen LogP contribution in [0.4, 0.5) is 5.69 Å². The Bertz CT molecular complexity index is 319. The number of hydrogen-bond acceptors (Lipinski definition) is 1. The van der Waals surface area contributed by atoms with Crippen LogP contribution in [0.3, 0.4) is 0 Å². The van der Waals surface area contributed by atoms with Crippen molar-refractivity contribution in [3.8, 4) is 0 Å². The van der Waals surface area contributed by atoms with Crippen molar-refractivity contribution in [3.05, 3.63) is 29.8 Å². The van der Waals surface area contributed by atoms with E-state index in [-0.39, 0.29) is 0 Å². The van der Waals surface area contributed by atoms with Gasteiger partial charge in [0.2, 0.25) is 0 Å². The van der Waals surface area contributed by atoms with Crippen LogP contribution < -0.4 is 4.90 Å². The van der Waals surface area contributed by atoms with E-state index in [9.17, 15) is 0 Å². The maximum Gasteiger partial charge on any atom is 0.0405 e. The van der Waals surface area contributed by atoms with Gasteiger partial charge in [-0.25, -0.2) is 0 Å². The third-order valence-electron chi connectivity index (χ3n) is 3.14. The molecule has 0 aromatic heterocycles. The van der Waals surface area contributed by atoms with Gasteiger partial charge in [-0.1, -0.05) is 18.2 Å². The van der Waals surface area contributed by atoms with Crippen LogP contribution in [-0.2, 0) is 0 Å². The average Bonchev–Trinajstić information content (AvgIpc) is 2.83. The Morgan fingerprint density at radius 1 is 1.42 bits per heavy atom. The molecule has 0 radical (unpaired) electrons. The van der Waals surface area contributed by atoms with Crippen molar-refractivity contribution in [1.82, 2.24) is 0 Å². The first kappa shape index (κ1) is 6.53. The topological polar surface area (TPSA) is 3.24 Å². The summed E-state index contributed by atoms with van der Waals surface area (Å²) < 4.78 is 0. The summed E-state index contributed by atoms with van der Waals surface area (Å²) in [7, 11) is 0. The number of anilines is 1. The second-order valence-corrected chi connectivity index (χ2v) is 3.75. The predicted molar refractivity (Wildman–Crippen MR) is 50.6 cm³/mol. The fourth-order valence-corrected chi connectivity index (χ4v) is 2.51. The third-order valence-corrected chi connectivity index (χ3v) is 3.14. The number of hydrogen-bond donors (Lipinski definition) is 0. The van der Waals surface area contributed by atoms with Gasteiger partial charge in [0.1, 0.15) is 0 Å². The van der Waals surface area contributed by atoms with Crippen molar-refractivity contribution >= 4 is 5.69 Å². The molecule has 2 unspecified atom stereocenters. The van der Waals surface area contributed by atoms with Crippen molar-refractivity contribution < 1.29 is 0 Å². The third kappa shape index (κ3) is 0.644. The highest BCUT2D eigenvalue weighted by atomic mass is 15.2. The Kier molecular flexibility index (Phi) is 1.11. The molecule has 2 aliphatic rings. The molecule has 0 bridgehead atoms. The molecule has 2 atom stereocenters. The van der Waals surface area contributed by atoms with E-state index in [0.717, 1.165) is 18.5 Å². The number of para-hydroxylation sites is 1. The van der Waals surface area contributed by atoms with E-state index in [2.05, 4.69) is 36.1 Å². The van der Waals surface area contributed by atoms with Gasteiger partial charge in [0.05, 0.1) is 0 Å². The molecule has 1 heteroatoms. The van der Waals surface area contributed by atoms with Crippen LogP contribution >= 0.6 is 0 Å². The molecular formula is C11H13N. The Balaban J connectivity index is 2.13. The Morgan fingerprint density at radius 2 is 2.25 bits per heavy atom. The molecule has 1 aliphatic heterocycles. The van der Waals surface area contributed by atoms with Crippen LogP contribution in [0, 0.1) is 0 Å². The maximum absolute atomic E-state index is 2.54. The Labute approximate surface area is 73.0 Å². The Morgan fingerprint density at radius 3 is 3.08 bits per heavy atom. The zero-order valence-electron chi connectivity index (χ0n) is 7.33. The highest BCUT2D eigenvalue weighted by Gasteiger charge is 2.49. The summed E-state index contributed by atoms with van der Waals surface area (Å²) in [5.74, 6) is 0.876. The van der Waals surface area contributed by atoms with Crippen molar-refractivity contribution in [3.63, 3.8) is 0 Å². The van der Waals surface area contributed by atoms with E-state index in [1.165, 1.54) is 12.1 Å². The van der Waals surface area contributed by atoms with Crippen LogP contribution in [0.5, 0.6) is 0 Å². The monoisotopic (exact) mass is 159 g/mol. The summed E-state index contributed by atoms with van der Waals surface area (Å²) in [5.41, 5.74) is 3.07. The second kappa shape index (κ2) is 2.03. The van der Waals surface area contributed by atoms with Gasteiger partial charge in [-0.15, -0.1) is 0 Å². The molecule has 1 aliphatic carbocycles. The lowest BCUT2D eigenvalue weighted by Crippen LogP contribution is -2.22. The van der Waals surface area contributed by atoms with Gasteiger partial charge in [-0.3, -0.25) is 0 Å². The van der Waals surface area contributed by atoms with Gasteiger partial charge in [0, 0.05) is 24.2 Å². The van der Waals surface area contributed by atoms with Gasteiger partial charge in [-0.05, 0) is 25.0 Å². The molecule has 1 aromatic rings. The van der Waals surface area contributed by atoms with E-state index in [1.807, 2.05) is 0 Å². The van der Waals surface area contributed by atoms with Crippen molar-refractivity contribution in [1.29, 1.82) is 0 Å². The van der Waals surface area contributed by atoms with Gasteiger partial charge in [0.15, 0.2) is 0 Å². The minimum absolute atomic E-state index is 0.854. The van der Waals surface area contributed by atoms with Crippen LogP contribution in [0.2, 0.25) is 0 Å². The fraction of sp³-hybridized carbons (Fsp3) is 0.455. The van der Waals surface area contributed by atoms with Crippen molar-refractivity contribution in [2.75, 3.05) is 11.4 Å². The molecule has 1 heterocycles. The van der Waals surface area contributed by atoms with Crippen LogP contribution in [0.1, 0.15) is 24.8 Å². The van der Waals surface area contributed by atoms with Crippen molar-refractivity contribution in [2.45, 2.75) is 25.3 Å². The van der Waals surface area contributed by atoms with E-state index in [0.29, 0.717) is 0 Å². The molecule has 0 N–H and O–H groups in total. The average molecular weight is 159 g/mol. The lowest BCUT2D eigenvalue weighted by molar-refractivity contribution is 0.843. The zero-order valence-corrected chi connectivity index (χ0v) is 7.33. The fourth-order valence-electron chi connectivity index (χ4n) is 2.51. The molecule has 0 saturated heterocycles. The normalized spacial score (nSPS) is 29.9. The van der Waals surface area contributed by atoms with Gasteiger partial charge in [0.25, 0.3) is 0 Å². The summed E-state index contributed by atoms with van der Waals surface area (Å²) in [6, 6.07) is 9.70. The smallest absolute Gasteiger partial charge is 0.0405 e. The molecule has 1 nitrogen and oxygen atoms in total. The first-order valence-electron chi connectivity index (χ1n) is 4.77. The summed E-state index contributed by atoms with van der Waals surface area (Å²) in [4.78, 5) is 2.54. The largest absolute Gasteiger partial charge is 0.368 e. The van der Waals surface area contributed by atoms with Crippen LogP contribution in [0.25, 0.3) is 0 Å². The van der Waals surface area contributed by atoms with Gasteiger partial charge >= 0.3 is 0 Å². The number of nitrogens with zero attached hydrogens (tertiary/aromatic N) is 1. The van der Waals surface area contributed by atoms with E-state index in [4.69, 9.17) is 0 Å². The summed E-state index contributed by atoms with van der Waals surface area (Å²) >= 11 is 0. The molecule has 3 rings (SSSR count). The highest BCUT2D eigenvalue weighted by Crippen LogP contribution is 2.55. The molecule has 1 fully saturated rings. The van der Waals surface area contributed by atoms with E-state index in [1.54, 1.807) is 5.56 Å². The standard InChI is InChI=1S/C11H13N/c1-2-12-10-6-4-3-5-8(10)9-7-11(9)12/h3-6,9,11H,2,7H2,1H3. The first-order valence-corrected chi connectivity index (χ1v) is 4.77. The maximum atomic E-state index is 2.54. The Hall–Kier alpha value is -0.980. The van der Waals surface area contributed by atoms with Crippen LogP contribution in [-0.4, -0.2) is 12.6 Å². The predicted octanol–water partition coefficient (Wildman–Crippen LogP) is 2.38. The molecule has 12 heavy (non-hydrogen) atoms. The zero-order chi connectivity index (χ0) is 8.13. The number of likely N-dealkylation sites (N-methyl/N-ethyl adjacent to an activating group) is 1. The first-order chi connectivity index (χ1) is 5.92. The van der Waals surface area contributed by atoms with Crippen molar-refractivity contribution in [2.24, 2.45) is 0 Å². The number of rotatable bonds is 1. The second-order valence-electron chi connectivity index (χ2n) is 3.75. The quantitative estimate of drug-likeness (QED) is 0.608. The molecule has 0 spiro atoms. The number of benzene rings is 1. The lowest BCUT2D eigenvalue weighted by Gasteiger charge is -2.19. The lowest BCUT2D eigenvalue weighted by atomic mass is 10.1. The van der Waals surface area contributed by atoms with Crippen LogP contribution in [0.15, 0.2) is 24.3 Å². The molecule has 62 valence electrons. The molecule has 1 aromatic carbocycles. The molecule has 1 saturated carbocycles. The molecular weight excluding hydrogens is 146 g/mol. The number of fused-ring (bicyclic) bond motifs is 3. The van der Waals surface area contributed by atoms with Gasteiger partial charge in [-0.2, -0.15) is 0 Å². The summed E-state index contributed by atoms with van der Waals surface area (Å²) in [6.07, 6.45) is 1.39. The van der Waals surface area contributed by atoms with E-state index < -0.39 is 0 Å².